The molecule has 0 radical (unpaired) electrons. The maximum Gasteiger partial charge on any atom is 0.237 e. The summed E-state index contributed by atoms with van der Waals surface area (Å²) in [5.41, 5.74) is 2.65. The molecular formula is C19H19N3O2S. The highest BCUT2D eigenvalue weighted by Gasteiger charge is 2.18. The summed E-state index contributed by atoms with van der Waals surface area (Å²) in [5.74, 6) is 0.532. The molecule has 25 heavy (non-hydrogen) atoms. The number of hydrogen-bond acceptors (Lipinski definition) is 4. The number of ether oxygens (including phenoxy) is 1. The fourth-order valence-corrected chi connectivity index (χ4v) is 3.11. The Morgan fingerprint density at radius 2 is 1.88 bits per heavy atom. The molecule has 1 unspecified atom stereocenters. The van der Waals surface area contributed by atoms with Gasteiger partial charge in [0.05, 0.1) is 29.9 Å². The van der Waals surface area contributed by atoms with Crippen molar-refractivity contribution in [2.24, 2.45) is 0 Å². The molecule has 0 aliphatic rings. The average Bonchev–Trinajstić information content (AvgIpc) is 3.11. The monoisotopic (exact) mass is 353 g/mol. The lowest BCUT2D eigenvalue weighted by atomic mass is 10.2. The third-order valence-electron chi connectivity index (χ3n) is 3.66. The van der Waals surface area contributed by atoms with Crippen LogP contribution >= 0.6 is 11.8 Å². The summed E-state index contributed by atoms with van der Waals surface area (Å²) in [4.78, 5) is 20.0. The van der Waals surface area contributed by atoms with Crippen LogP contribution in [-0.4, -0.2) is 28.2 Å². The van der Waals surface area contributed by atoms with Gasteiger partial charge in [0.15, 0.2) is 5.16 Å². The minimum atomic E-state index is -0.306. The van der Waals surface area contributed by atoms with E-state index in [0.717, 1.165) is 11.3 Å². The standard InChI is InChI=1S/C19H19N3O2S/c1-13(18(23)21-15-10-6-7-11-17(15)24-2)25-19-20-12-16(22-19)14-8-4-3-5-9-14/h3-13H,1-2H3,(H,20,22)(H,21,23). The number of nitrogens with one attached hydrogen (secondary N) is 2. The molecule has 0 aliphatic carbocycles. The molecule has 2 aromatic carbocycles. The molecule has 3 rings (SSSR count). The van der Waals surface area contributed by atoms with Crippen LogP contribution in [0.5, 0.6) is 5.75 Å². The van der Waals surface area contributed by atoms with E-state index in [1.165, 1.54) is 11.8 Å². The number of hydrogen-bond donors (Lipinski definition) is 2. The van der Waals surface area contributed by atoms with Crippen LogP contribution < -0.4 is 10.1 Å². The second-order valence-corrected chi connectivity index (χ2v) is 6.75. The normalized spacial score (nSPS) is 11.8. The largest absolute Gasteiger partial charge is 0.495 e. The number of carbonyl (C=O) groups is 1. The van der Waals surface area contributed by atoms with Crippen LogP contribution in [0.25, 0.3) is 11.3 Å². The Hall–Kier alpha value is -2.73. The first-order chi connectivity index (χ1) is 12.2. The highest BCUT2D eigenvalue weighted by Crippen LogP contribution is 2.27. The molecule has 0 saturated carbocycles. The Labute approximate surface area is 150 Å². The Kier molecular flexibility index (Phi) is 5.40. The van der Waals surface area contributed by atoms with Crippen LogP contribution in [0, 0.1) is 0 Å². The van der Waals surface area contributed by atoms with E-state index in [-0.39, 0.29) is 11.2 Å². The summed E-state index contributed by atoms with van der Waals surface area (Å²) in [6, 6.07) is 17.3. The van der Waals surface area contributed by atoms with Crippen molar-refractivity contribution >= 4 is 23.4 Å². The van der Waals surface area contributed by atoms with Crippen LogP contribution in [0.1, 0.15) is 6.92 Å². The first-order valence-corrected chi connectivity index (χ1v) is 8.76. The minimum absolute atomic E-state index is 0.104. The second kappa shape index (κ2) is 7.90. The van der Waals surface area contributed by atoms with Gasteiger partial charge < -0.3 is 15.0 Å². The SMILES string of the molecule is COc1ccccc1NC(=O)C(C)Sc1ncc(-c2ccccc2)[nH]1. The Bertz CT molecular complexity index is 849. The smallest absolute Gasteiger partial charge is 0.237 e. The van der Waals surface area contributed by atoms with Crippen LogP contribution in [0.3, 0.4) is 0 Å². The molecular weight excluding hydrogens is 334 g/mol. The van der Waals surface area contributed by atoms with Crippen LogP contribution in [0.2, 0.25) is 0 Å². The van der Waals surface area contributed by atoms with E-state index in [9.17, 15) is 4.79 Å². The number of methoxy groups -OCH3 is 1. The van der Waals surface area contributed by atoms with E-state index < -0.39 is 0 Å². The Morgan fingerprint density at radius 3 is 2.64 bits per heavy atom. The maximum atomic E-state index is 12.4. The van der Waals surface area contributed by atoms with Crippen molar-refractivity contribution in [2.75, 3.05) is 12.4 Å². The Morgan fingerprint density at radius 1 is 1.16 bits per heavy atom. The third kappa shape index (κ3) is 4.22. The van der Waals surface area contributed by atoms with Crippen LogP contribution in [0.15, 0.2) is 66.0 Å². The van der Waals surface area contributed by atoms with Gasteiger partial charge in [0, 0.05) is 0 Å². The number of anilines is 1. The van der Waals surface area contributed by atoms with Crippen molar-refractivity contribution in [3.8, 4) is 17.0 Å². The van der Waals surface area contributed by atoms with Gasteiger partial charge in [-0.3, -0.25) is 4.79 Å². The van der Waals surface area contributed by atoms with Crippen LogP contribution in [0.4, 0.5) is 5.69 Å². The van der Waals surface area contributed by atoms with Crippen molar-refractivity contribution < 1.29 is 9.53 Å². The fraction of sp³-hybridized carbons (Fsp3) is 0.158. The van der Waals surface area contributed by atoms with E-state index in [1.807, 2.05) is 61.5 Å². The summed E-state index contributed by atoms with van der Waals surface area (Å²) in [7, 11) is 1.58. The van der Waals surface area contributed by atoms with E-state index in [0.29, 0.717) is 16.6 Å². The average molecular weight is 353 g/mol. The number of aromatic nitrogens is 2. The molecule has 128 valence electrons. The summed E-state index contributed by atoms with van der Waals surface area (Å²) in [6.45, 7) is 1.85. The van der Waals surface area contributed by atoms with Gasteiger partial charge in [-0.15, -0.1) is 0 Å². The number of rotatable bonds is 6. The number of aromatic amines is 1. The number of para-hydroxylation sites is 2. The second-order valence-electron chi connectivity index (χ2n) is 5.42. The van der Waals surface area contributed by atoms with Crippen molar-refractivity contribution in [3.63, 3.8) is 0 Å². The van der Waals surface area contributed by atoms with Crippen molar-refractivity contribution in [1.29, 1.82) is 0 Å². The lowest BCUT2D eigenvalue weighted by Gasteiger charge is -2.13. The summed E-state index contributed by atoms with van der Waals surface area (Å²) >= 11 is 1.38. The van der Waals surface area contributed by atoms with E-state index in [1.54, 1.807) is 13.3 Å². The number of amides is 1. The Balaban J connectivity index is 1.65. The summed E-state index contributed by atoms with van der Waals surface area (Å²) in [6.07, 6.45) is 1.78. The highest BCUT2D eigenvalue weighted by molar-refractivity contribution is 8.00. The topological polar surface area (TPSA) is 67.0 Å². The summed E-state index contributed by atoms with van der Waals surface area (Å²) < 4.78 is 5.26. The summed E-state index contributed by atoms with van der Waals surface area (Å²) in [5, 5.41) is 3.30. The predicted molar refractivity (Wildman–Crippen MR) is 101 cm³/mol. The molecule has 0 bridgehead atoms. The molecule has 1 atom stereocenters. The molecule has 0 aliphatic heterocycles. The lowest BCUT2D eigenvalue weighted by Crippen LogP contribution is -2.22. The maximum absolute atomic E-state index is 12.4. The lowest BCUT2D eigenvalue weighted by molar-refractivity contribution is -0.115. The zero-order valence-corrected chi connectivity index (χ0v) is 14.8. The van der Waals surface area contributed by atoms with Gasteiger partial charge >= 0.3 is 0 Å². The number of carbonyl (C=O) groups excluding carboxylic acids is 1. The number of H-pyrrole nitrogens is 1. The molecule has 0 fully saturated rings. The van der Waals surface area contributed by atoms with Gasteiger partial charge in [-0.2, -0.15) is 0 Å². The van der Waals surface area contributed by atoms with Gasteiger partial charge in [-0.05, 0) is 24.6 Å². The number of benzene rings is 2. The zero-order chi connectivity index (χ0) is 17.6. The molecule has 0 saturated heterocycles. The van der Waals surface area contributed by atoms with Gasteiger partial charge in [0.25, 0.3) is 0 Å². The van der Waals surface area contributed by atoms with Gasteiger partial charge in [0.2, 0.25) is 5.91 Å². The molecule has 1 amide bonds. The molecule has 3 aromatic rings. The molecule has 6 heteroatoms. The molecule has 2 N–H and O–H groups in total. The number of thioether (sulfide) groups is 1. The number of nitrogens with zero attached hydrogens (tertiary/aromatic N) is 1. The third-order valence-corrected chi connectivity index (χ3v) is 4.66. The van der Waals surface area contributed by atoms with Gasteiger partial charge in [0.1, 0.15) is 5.75 Å². The minimum Gasteiger partial charge on any atom is -0.495 e. The first-order valence-electron chi connectivity index (χ1n) is 7.88. The van der Waals surface area contributed by atoms with E-state index >= 15 is 0 Å². The van der Waals surface area contributed by atoms with E-state index in [4.69, 9.17) is 4.74 Å². The van der Waals surface area contributed by atoms with Gasteiger partial charge in [-0.25, -0.2) is 4.98 Å². The fourth-order valence-electron chi connectivity index (χ4n) is 2.33. The van der Waals surface area contributed by atoms with Crippen molar-refractivity contribution in [3.05, 3.63) is 60.8 Å². The highest BCUT2D eigenvalue weighted by atomic mass is 32.2. The molecule has 1 heterocycles. The van der Waals surface area contributed by atoms with E-state index in [2.05, 4.69) is 15.3 Å². The predicted octanol–water partition coefficient (Wildman–Crippen LogP) is 4.20. The molecule has 0 spiro atoms. The van der Waals surface area contributed by atoms with Crippen molar-refractivity contribution in [2.45, 2.75) is 17.3 Å². The molecule has 1 aromatic heterocycles. The van der Waals surface area contributed by atoms with Gasteiger partial charge in [-0.1, -0.05) is 54.2 Å². The number of imidazole rings is 1. The quantitative estimate of drug-likeness (QED) is 0.652. The van der Waals surface area contributed by atoms with Crippen LogP contribution in [-0.2, 0) is 4.79 Å². The first kappa shape index (κ1) is 17.1. The zero-order valence-electron chi connectivity index (χ0n) is 14.0. The van der Waals surface area contributed by atoms with Crippen molar-refractivity contribution in [1.82, 2.24) is 9.97 Å². The molecule has 5 nitrogen and oxygen atoms in total.